The molecule has 7 N–H and O–H groups in total. The van der Waals surface area contributed by atoms with Crippen molar-refractivity contribution in [2.45, 2.75) is 37.6 Å². The Hall–Kier alpha value is -3.51. The number of hydrogen-bond acceptors (Lipinski definition) is 11. The van der Waals surface area contributed by atoms with E-state index in [1.54, 1.807) is 0 Å². The molecule has 0 radical (unpaired) electrons. The first-order valence-electron chi connectivity index (χ1n) is 9.50. The van der Waals surface area contributed by atoms with Crippen LogP contribution in [0.5, 0.6) is 28.7 Å². The Kier molecular flexibility index (Phi) is 5.34. The molecule has 1 aliphatic heterocycles. The van der Waals surface area contributed by atoms with E-state index < -0.39 is 59.1 Å². The third-order valence-electron chi connectivity index (χ3n) is 5.22. The van der Waals surface area contributed by atoms with Crippen LogP contribution in [-0.2, 0) is 4.74 Å². The normalized spacial score (nSPS) is 25.7. The van der Waals surface area contributed by atoms with Gasteiger partial charge >= 0.3 is 0 Å². The van der Waals surface area contributed by atoms with Crippen molar-refractivity contribution in [3.05, 3.63) is 40.6 Å². The van der Waals surface area contributed by atoms with Crippen molar-refractivity contribution >= 4 is 11.0 Å². The second kappa shape index (κ2) is 7.88. The standard InChI is InChI=1S/C21H20O11/c1-7-14(25)16(27)18(29)21(30-7)31-9-5-10-15(26)17(28)19(32-20(10)13(24)6-9)8-2-3-11(22)12(23)4-8/h2-7,14,16,18,21-25,27-29H,1H3. The van der Waals surface area contributed by atoms with Gasteiger partial charge in [0.05, 0.1) is 11.5 Å². The molecule has 170 valence electrons. The molecule has 1 aromatic heterocycles. The molecule has 5 unspecified atom stereocenters. The molecular weight excluding hydrogens is 428 g/mol. The number of aromatic hydroxyl groups is 4. The lowest BCUT2D eigenvalue weighted by Crippen LogP contribution is -2.58. The van der Waals surface area contributed by atoms with Crippen LogP contribution in [0.25, 0.3) is 22.3 Å². The van der Waals surface area contributed by atoms with Gasteiger partial charge in [-0.2, -0.15) is 0 Å². The van der Waals surface area contributed by atoms with Gasteiger partial charge in [-0.15, -0.1) is 0 Å². The molecule has 0 bridgehead atoms. The van der Waals surface area contributed by atoms with E-state index in [-0.39, 0.29) is 28.0 Å². The van der Waals surface area contributed by atoms with Gasteiger partial charge in [0.25, 0.3) is 0 Å². The van der Waals surface area contributed by atoms with Crippen LogP contribution >= 0.6 is 0 Å². The molecular formula is C21H20O11. The maximum atomic E-state index is 12.7. The largest absolute Gasteiger partial charge is 0.504 e. The van der Waals surface area contributed by atoms with E-state index in [0.717, 1.165) is 24.3 Å². The minimum absolute atomic E-state index is 0.0665. The van der Waals surface area contributed by atoms with Crippen LogP contribution < -0.4 is 10.2 Å². The van der Waals surface area contributed by atoms with Gasteiger partial charge in [0.2, 0.25) is 17.5 Å². The highest BCUT2D eigenvalue weighted by Crippen LogP contribution is 2.38. The van der Waals surface area contributed by atoms with Gasteiger partial charge < -0.3 is 49.6 Å². The minimum Gasteiger partial charge on any atom is -0.504 e. The van der Waals surface area contributed by atoms with Crippen LogP contribution in [0.1, 0.15) is 6.92 Å². The van der Waals surface area contributed by atoms with E-state index in [1.165, 1.54) is 13.0 Å². The predicted molar refractivity (Wildman–Crippen MR) is 108 cm³/mol. The zero-order chi connectivity index (χ0) is 23.3. The number of ether oxygens (including phenoxy) is 2. The fraction of sp³-hybridized carbons (Fsp3) is 0.286. The lowest BCUT2D eigenvalue weighted by atomic mass is 10.00. The van der Waals surface area contributed by atoms with Crippen LogP contribution in [0, 0.1) is 0 Å². The van der Waals surface area contributed by atoms with Crippen molar-refractivity contribution in [3.8, 4) is 40.1 Å². The van der Waals surface area contributed by atoms with Gasteiger partial charge in [-0.05, 0) is 31.2 Å². The fourth-order valence-corrected chi connectivity index (χ4v) is 3.42. The van der Waals surface area contributed by atoms with Gasteiger partial charge in [0.15, 0.2) is 28.6 Å². The van der Waals surface area contributed by atoms with Crippen molar-refractivity contribution < 1.29 is 49.6 Å². The summed E-state index contributed by atoms with van der Waals surface area (Å²) in [6, 6.07) is 5.69. The number of aliphatic hydroxyl groups excluding tert-OH is 3. The van der Waals surface area contributed by atoms with Gasteiger partial charge in [0, 0.05) is 11.6 Å². The molecule has 0 aliphatic carbocycles. The van der Waals surface area contributed by atoms with Crippen LogP contribution in [0.4, 0.5) is 0 Å². The number of benzene rings is 2. The molecule has 32 heavy (non-hydrogen) atoms. The summed E-state index contributed by atoms with van der Waals surface area (Å²) in [6.45, 7) is 1.46. The summed E-state index contributed by atoms with van der Waals surface area (Å²) in [4.78, 5) is 12.7. The maximum absolute atomic E-state index is 12.7. The van der Waals surface area contributed by atoms with E-state index in [2.05, 4.69) is 0 Å². The van der Waals surface area contributed by atoms with Gasteiger partial charge in [-0.3, -0.25) is 4.79 Å². The fourth-order valence-electron chi connectivity index (χ4n) is 3.42. The summed E-state index contributed by atoms with van der Waals surface area (Å²) in [5.74, 6) is -2.78. The average Bonchev–Trinajstić information content (AvgIpc) is 2.75. The average molecular weight is 448 g/mol. The van der Waals surface area contributed by atoms with Crippen molar-refractivity contribution in [1.29, 1.82) is 0 Å². The van der Waals surface area contributed by atoms with Crippen molar-refractivity contribution in [2.75, 3.05) is 0 Å². The van der Waals surface area contributed by atoms with E-state index in [9.17, 15) is 40.5 Å². The Balaban J connectivity index is 1.75. The maximum Gasteiger partial charge on any atom is 0.235 e. The molecule has 0 saturated carbocycles. The number of hydrogen-bond donors (Lipinski definition) is 7. The molecule has 0 amide bonds. The Morgan fingerprint density at radius 2 is 1.59 bits per heavy atom. The third-order valence-corrected chi connectivity index (χ3v) is 5.22. The van der Waals surface area contributed by atoms with Crippen LogP contribution in [-0.4, -0.2) is 66.5 Å². The molecule has 4 rings (SSSR count). The predicted octanol–water partition coefficient (Wildman–Crippen LogP) is 0.489. The van der Waals surface area contributed by atoms with E-state index in [0.29, 0.717) is 0 Å². The van der Waals surface area contributed by atoms with Gasteiger partial charge in [-0.25, -0.2) is 0 Å². The van der Waals surface area contributed by atoms with Gasteiger partial charge in [0.1, 0.15) is 24.1 Å². The monoisotopic (exact) mass is 448 g/mol. The second-order valence-corrected chi connectivity index (χ2v) is 7.43. The van der Waals surface area contributed by atoms with Crippen LogP contribution in [0.15, 0.2) is 39.5 Å². The highest BCUT2D eigenvalue weighted by molar-refractivity contribution is 5.87. The van der Waals surface area contributed by atoms with Crippen molar-refractivity contribution in [2.24, 2.45) is 0 Å². The second-order valence-electron chi connectivity index (χ2n) is 7.43. The molecule has 5 atom stereocenters. The Labute approximate surface area is 179 Å². The SMILES string of the molecule is CC1OC(Oc2cc(O)c3oc(-c4ccc(O)c(O)c4)c(O)c(=O)c3c2)C(O)C(O)C1O. The molecule has 3 aromatic rings. The molecule has 0 spiro atoms. The lowest BCUT2D eigenvalue weighted by molar-refractivity contribution is -0.268. The molecule has 2 aromatic carbocycles. The first-order valence-corrected chi connectivity index (χ1v) is 9.50. The first kappa shape index (κ1) is 21.7. The highest BCUT2D eigenvalue weighted by atomic mass is 16.7. The number of aliphatic hydroxyl groups is 3. The molecule has 2 heterocycles. The zero-order valence-corrected chi connectivity index (χ0v) is 16.5. The molecule has 1 fully saturated rings. The highest BCUT2D eigenvalue weighted by Gasteiger charge is 2.43. The van der Waals surface area contributed by atoms with Crippen molar-refractivity contribution in [3.63, 3.8) is 0 Å². The molecule has 11 heteroatoms. The molecule has 1 saturated heterocycles. The van der Waals surface area contributed by atoms with Crippen LogP contribution in [0.3, 0.4) is 0 Å². The molecule has 11 nitrogen and oxygen atoms in total. The first-order chi connectivity index (χ1) is 15.1. The smallest absolute Gasteiger partial charge is 0.235 e. The molecule has 1 aliphatic rings. The summed E-state index contributed by atoms with van der Waals surface area (Å²) < 4.78 is 16.3. The summed E-state index contributed by atoms with van der Waals surface area (Å²) >= 11 is 0. The Bertz CT molecular complexity index is 1230. The Morgan fingerprint density at radius 3 is 2.28 bits per heavy atom. The summed E-state index contributed by atoms with van der Waals surface area (Å²) in [5.41, 5.74) is -1.16. The number of fused-ring (bicyclic) bond motifs is 1. The van der Waals surface area contributed by atoms with E-state index >= 15 is 0 Å². The zero-order valence-electron chi connectivity index (χ0n) is 16.5. The lowest BCUT2D eigenvalue weighted by Gasteiger charge is -2.38. The third kappa shape index (κ3) is 3.56. The van der Waals surface area contributed by atoms with E-state index in [4.69, 9.17) is 13.9 Å². The number of phenols is 3. The summed E-state index contributed by atoms with van der Waals surface area (Å²) in [6.07, 6.45) is -6.79. The quantitative estimate of drug-likeness (QED) is 0.276. The number of phenolic OH excluding ortho intramolecular Hbond substituents is 3. The van der Waals surface area contributed by atoms with Crippen molar-refractivity contribution in [1.82, 2.24) is 0 Å². The van der Waals surface area contributed by atoms with E-state index in [1.807, 2.05) is 0 Å². The summed E-state index contributed by atoms with van der Waals surface area (Å²) in [7, 11) is 0. The minimum atomic E-state index is -1.62. The topological polar surface area (TPSA) is 190 Å². The number of rotatable bonds is 3. The van der Waals surface area contributed by atoms with Crippen LogP contribution in [0.2, 0.25) is 0 Å². The van der Waals surface area contributed by atoms with Gasteiger partial charge in [-0.1, -0.05) is 0 Å². The Morgan fingerprint density at radius 1 is 0.875 bits per heavy atom. The summed E-state index contributed by atoms with van der Waals surface area (Å²) in [5, 5.41) is 69.4.